The summed E-state index contributed by atoms with van der Waals surface area (Å²) in [6.07, 6.45) is 7.19. The Bertz CT molecular complexity index is 339. The third-order valence-electron chi connectivity index (χ3n) is 4.77. The molecule has 1 aliphatic carbocycles. The first-order valence-electron chi connectivity index (χ1n) is 7.48. The predicted octanol–water partition coefficient (Wildman–Crippen LogP) is 4.57. The number of carbonyl (C=O) groups is 1. The first-order valence-corrected chi connectivity index (χ1v) is 10.4. The fourth-order valence-electron chi connectivity index (χ4n) is 2.28. The van der Waals surface area contributed by atoms with Gasteiger partial charge in [-0.1, -0.05) is 39.8 Å². The number of ketones is 1. The van der Waals surface area contributed by atoms with Crippen LogP contribution in [0.3, 0.4) is 0 Å². The van der Waals surface area contributed by atoms with Crippen LogP contribution in [0.25, 0.3) is 0 Å². The molecule has 0 N–H and O–H groups in total. The number of rotatable bonds is 5. The summed E-state index contributed by atoms with van der Waals surface area (Å²) in [6, 6.07) is 0. The van der Waals surface area contributed by atoms with E-state index in [1.165, 1.54) is 0 Å². The second-order valence-corrected chi connectivity index (χ2v) is 12.1. The zero-order chi connectivity index (χ0) is 14.7. The molecule has 1 saturated carbocycles. The monoisotopic (exact) mass is 282 g/mol. The molecule has 0 heterocycles. The van der Waals surface area contributed by atoms with E-state index in [1.54, 1.807) is 0 Å². The van der Waals surface area contributed by atoms with E-state index < -0.39 is 8.32 Å². The van der Waals surface area contributed by atoms with Gasteiger partial charge in [-0.15, -0.1) is 0 Å². The lowest BCUT2D eigenvalue weighted by Crippen LogP contribution is -2.40. The van der Waals surface area contributed by atoms with Gasteiger partial charge < -0.3 is 4.43 Å². The normalized spacial score (nSPS) is 23.3. The Morgan fingerprint density at radius 3 is 2.53 bits per heavy atom. The maximum Gasteiger partial charge on any atom is 0.192 e. The fourth-order valence-corrected chi connectivity index (χ4v) is 3.22. The van der Waals surface area contributed by atoms with Gasteiger partial charge in [0.05, 0.1) is 6.61 Å². The minimum atomic E-state index is -1.64. The van der Waals surface area contributed by atoms with Crippen molar-refractivity contribution < 1.29 is 9.22 Å². The van der Waals surface area contributed by atoms with Gasteiger partial charge in [0, 0.05) is 12.3 Å². The Morgan fingerprint density at radius 2 is 2.05 bits per heavy atom. The van der Waals surface area contributed by atoms with Crippen molar-refractivity contribution in [3.8, 4) is 0 Å². The molecule has 2 unspecified atom stereocenters. The molecule has 3 heteroatoms. The van der Waals surface area contributed by atoms with Crippen molar-refractivity contribution in [2.45, 2.75) is 65.1 Å². The molecule has 1 aliphatic rings. The highest BCUT2D eigenvalue weighted by atomic mass is 28.4. The Balaban J connectivity index is 2.40. The second-order valence-electron chi connectivity index (χ2n) is 7.32. The molecular weight excluding hydrogens is 252 g/mol. The van der Waals surface area contributed by atoms with E-state index >= 15 is 0 Å². The number of hydrogen-bond acceptors (Lipinski definition) is 2. The molecule has 0 saturated heterocycles. The summed E-state index contributed by atoms with van der Waals surface area (Å²) in [4.78, 5) is 11.7. The van der Waals surface area contributed by atoms with Gasteiger partial charge in [-0.05, 0) is 36.9 Å². The summed E-state index contributed by atoms with van der Waals surface area (Å²) >= 11 is 0. The molecule has 1 fully saturated rings. The van der Waals surface area contributed by atoms with Crippen LogP contribution >= 0.6 is 0 Å². The summed E-state index contributed by atoms with van der Waals surface area (Å²) in [7, 11) is -1.64. The van der Waals surface area contributed by atoms with Crippen LogP contribution in [0, 0.1) is 11.8 Å². The van der Waals surface area contributed by atoms with Crippen molar-refractivity contribution in [3.05, 3.63) is 12.2 Å². The molecule has 110 valence electrons. The van der Waals surface area contributed by atoms with E-state index in [4.69, 9.17) is 4.43 Å². The summed E-state index contributed by atoms with van der Waals surface area (Å²) in [5, 5.41) is 0.258. The van der Waals surface area contributed by atoms with Gasteiger partial charge >= 0.3 is 0 Å². The Morgan fingerprint density at radius 1 is 1.42 bits per heavy atom. The molecule has 1 rings (SSSR count). The molecule has 0 aromatic heterocycles. The van der Waals surface area contributed by atoms with E-state index in [-0.39, 0.29) is 11.0 Å². The van der Waals surface area contributed by atoms with E-state index in [0.717, 1.165) is 19.3 Å². The maximum absolute atomic E-state index is 11.7. The van der Waals surface area contributed by atoms with Gasteiger partial charge in [-0.25, -0.2) is 0 Å². The average molecular weight is 282 g/mol. The van der Waals surface area contributed by atoms with Crippen molar-refractivity contribution in [1.29, 1.82) is 0 Å². The van der Waals surface area contributed by atoms with Crippen LogP contribution in [-0.4, -0.2) is 20.7 Å². The second kappa shape index (κ2) is 6.36. The maximum atomic E-state index is 11.7. The Kier molecular flexibility index (Phi) is 5.57. The zero-order valence-electron chi connectivity index (χ0n) is 13.5. The van der Waals surface area contributed by atoms with Crippen LogP contribution in [0.1, 0.15) is 47.0 Å². The first-order chi connectivity index (χ1) is 8.65. The highest BCUT2D eigenvalue weighted by Crippen LogP contribution is 2.36. The molecule has 19 heavy (non-hydrogen) atoms. The van der Waals surface area contributed by atoms with E-state index in [9.17, 15) is 4.79 Å². The quantitative estimate of drug-likeness (QED) is 0.545. The minimum Gasteiger partial charge on any atom is -0.413 e. The van der Waals surface area contributed by atoms with Gasteiger partial charge in [0.1, 0.15) is 5.78 Å². The van der Waals surface area contributed by atoms with Crippen molar-refractivity contribution in [2.75, 3.05) is 6.61 Å². The number of allylic oxidation sites excluding steroid dienone is 1. The van der Waals surface area contributed by atoms with Gasteiger partial charge in [0.15, 0.2) is 8.32 Å². The summed E-state index contributed by atoms with van der Waals surface area (Å²) < 4.78 is 6.10. The zero-order valence-corrected chi connectivity index (χ0v) is 14.5. The smallest absolute Gasteiger partial charge is 0.192 e. The Labute approximate surface area is 119 Å². The SMILES string of the molecule is CC(/C=C/CO[Si](C)(C)C(C)(C)C)C1CCCC1=O. The van der Waals surface area contributed by atoms with Crippen LogP contribution in [0.4, 0.5) is 0 Å². The van der Waals surface area contributed by atoms with Crippen molar-refractivity contribution in [2.24, 2.45) is 11.8 Å². The highest BCUT2D eigenvalue weighted by molar-refractivity contribution is 6.74. The molecule has 2 atom stereocenters. The third-order valence-corrected chi connectivity index (χ3v) is 9.27. The van der Waals surface area contributed by atoms with Crippen molar-refractivity contribution in [3.63, 3.8) is 0 Å². The standard InChI is InChI=1S/C16H30O2Si/c1-13(14-10-7-11-15(14)17)9-8-12-18-19(5,6)16(2,3)4/h8-9,13-14H,7,10-12H2,1-6H3/b9-8+. The molecule has 2 nitrogen and oxygen atoms in total. The summed E-state index contributed by atoms with van der Waals surface area (Å²) in [5.74, 6) is 1.06. The van der Waals surface area contributed by atoms with Crippen LogP contribution < -0.4 is 0 Å². The van der Waals surface area contributed by atoms with Gasteiger partial charge in [0.25, 0.3) is 0 Å². The molecule has 0 spiro atoms. The fraction of sp³-hybridized carbons (Fsp3) is 0.812. The molecule has 0 bridgehead atoms. The van der Waals surface area contributed by atoms with Crippen LogP contribution in [0.15, 0.2) is 12.2 Å². The Hall–Kier alpha value is -0.413. The molecule has 0 radical (unpaired) electrons. The van der Waals surface area contributed by atoms with Crippen molar-refractivity contribution in [1.82, 2.24) is 0 Å². The van der Waals surface area contributed by atoms with E-state index in [0.29, 0.717) is 18.3 Å². The molecule has 0 aromatic carbocycles. The largest absolute Gasteiger partial charge is 0.413 e. The molecule has 0 aliphatic heterocycles. The third kappa shape index (κ3) is 4.57. The lowest BCUT2D eigenvalue weighted by atomic mass is 9.91. The van der Waals surface area contributed by atoms with Gasteiger partial charge in [-0.2, -0.15) is 0 Å². The van der Waals surface area contributed by atoms with Gasteiger partial charge in [-0.3, -0.25) is 4.79 Å². The predicted molar refractivity (Wildman–Crippen MR) is 83.8 cm³/mol. The topological polar surface area (TPSA) is 26.3 Å². The summed E-state index contributed by atoms with van der Waals surface area (Å²) in [5.41, 5.74) is 0. The van der Waals surface area contributed by atoms with Crippen molar-refractivity contribution >= 4 is 14.1 Å². The van der Waals surface area contributed by atoms with E-state index in [2.05, 4.69) is 52.9 Å². The van der Waals surface area contributed by atoms with E-state index in [1.807, 2.05) is 0 Å². The van der Waals surface area contributed by atoms with Gasteiger partial charge in [0.2, 0.25) is 0 Å². The number of hydrogen-bond donors (Lipinski definition) is 0. The molecule has 0 aromatic rings. The summed E-state index contributed by atoms with van der Waals surface area (Å²) in [6.45, 7) is 14.1. The minimum absolute atomic E-state index is 0.254. The lowest BCUT2D eigenvalue weighted by Gasteiger charge is -2.35. The van der Waals surface area contributed by atoms with Crippen LogP contribution in [0.5, 0.6) is 0 Å². The first kappa shape index (κ1) is 16.6. The highest BCUT2D eigenvalue weighted by Gasteiger charge is 2.36. The van der Waals surface area contributed by atoms with Crippen LogP contribution in [0.2, 0.25) is 18.1 Å². The molecular formula is C16H30O2Si. The molecule has 0 amide bonds. The lowest BCUT2D eigenvalue weighted by molar-refractivity contribution is -0.121. The number of Topliss-reactive ketones (excluding diaryl/α,β-unsaturated/α-hetero) is 1. The number of carbonyl (C=O) groups excluding carboxylic acids is 1. The van der Waals surface area contributed by atoms with Crippen LogP contribution in [-0.2, 0) is 9.22 Å². The average Bonchev–Trinajstić information content (AvgIpc) is 2.69.